The van der Waals surface area contributed by atoms with Crippen LogP contribution < -0.4 is 0 Å². The van der Waals surface area contributed by atoms with Gasteiger partial charge in [0.25, 0.3) is 5.91 Å². The Labute approximate surface area is 155 Å². The Morgan fingerprint density at radius 3 is 2.42 bits per heavy atom. The number of piperidine rings is 1. The number of amides is 2. The van der Waals surface area contributed by atoms with Crippen molar-refractivity contribution in [2.45, 2.75) is 50.7 Å². The molecule has 1 aromatic carbocycles. The van der Waals surface area contributed by atoms with Crippen molar-refractivity contribution in [3.63, 3.8) is 0 Å². The van der Waals surface area contributed by atoms with Crippen LogP contribution in [0.3, 0.4) is 0 Å². The molecule has 2 atom stereocenters. The minimum atomic E-state index is 0.0514. The van der Waals surface area contributed by atoms with Crippen molar-refractivity contribution in [1.82, 2.24) is 9.80 Å². The van der Waals surface area contributed by atoms with E-state index in [0.717, 1.165) is 37.8 Å². The summed E-state index contributed by atoms with van der Waals surface area (Å²) in [5.41, 5.74) is 0.732. The molecule has 5 heteroatoms. The maximum Gasteiger partial charge on any atom is 0.253 e. The second-order valence-electron chi connectivity index (χ2n) is 7.73. The number of carbonyl (C=O) groups excluding carboxylic acids is 2. The van der Waals surface area contributed by atoms with E-state index in [9.17, 15) is 9.59 Å². The van der Waals surface area contributed by atoms with E-state index in [1.54, 1.807) is 0 Å². The second-order valence-corrected chi connectivity index (χ2v) is 7.73. The van der Waals surface area contributed by atoms with E-state index in [-0.39, 0.29) is 29.9 Å². The Morgan fingerprint density at radius 1 is 0.923 bits per heavy atom. The molecule has 2 amide bonds. The van der Waals surface area contributed by atoms with Crippen molar-refractivity contribution in [2.75, 3.05) is 26.2 Å². The van der Waals surface area contributed by atoms with Crippen LogP contribution in [0.2, 0.25) is 0 Å². The normalized spacial score (nSPS) is 27.1. The highest BCUT2D eigenvalue weighted by Gasteiger charge is 2.39. The highest BCUT2D eigenvalue weighted by Crippen LogP contribution is 2.31. The van der Waals surface area contributed by atoms with Crippen LogP contribution >= 0.6 is 0 Å². The highest BCUT2D eigenvalue weighted by atomic mass is 16.5. The maximum absolute atomic E-state index is 13.1. The Bertz CT molecular complexity index is 638. The predicted octanol–water partition coefficient (Wildman–Crippen LogP) is 2.71. The molecule has 0 bridgehead atoms. The van der Waals surface area contributed by atoms with Gasteiger partial charge in [-0.1, -0.05) is 31.0 Å². The number of benzene rings is 1. The van der Waals surface area contributed by atoms with Gasteiger partial charge in [0, 0.05) is 31.1 Å². The lowest BCUT2D eigenvalue weighted by Gasteiger charge is -2.45. The fourth-order valence-corrected chi connectivity index (χ4v) is 4.70. The first kappa shape index (κ1) is 17.5. The van der Waals surface area contributed by atoms with E-state index in [4.69, 9.17) is 4.74 Å². The van der Waals surface area contributed by atoms with Crippen LogP contribution in [0.5, 0.6) is 0 Å². The summed E-state index contributed by atoms with van der Waals surface area (Å²) >= 11 is 0. The van der Waals surface area contributed by atoms with Crippen LogP contribution in [0.4, 0.5) is 0 Å². The predicted molar refractivity (Wildman–Crippen MR) is 98.8 cm³/mol. The Balaban J connectivity index is 1.35. The fraction of sp³-hybridized carbons (Fsp3) is 0.619. The lowest BCUT2D eigenvalue weighted by Crippen LogP contribution is -2.57. The molecule has 1 saturated carbocycles. The van der Waals surface area contributed by atoms with Crippen molar-refractivity contribution in [1.29, 1.82) is 0 Å². The van der Waals surface area contributed by atoms with Crippen LogP contribution in [-0.4, -0.2) is 60.0 Å². The zero-order chi connectivity index (χ0) is 17.9. The SMILES string of the molecule is O=C(c1ccccc1)N1CCC(C(=O)N2CCOC3CCCCC32)CC1. The molecule has 4 rings (SSSR count). The van der Waals surface area contributed by atoms with E-state index < -0.39 is 0 Å². The number of morpholine rings is 1. The van der Waals surface area contributed by atoms with Gasteiger partial charge in [-0.15, -0.1) is 0 Å². The van der Waals surface area contributed by atoms with Gasteiger partial charge in [0.1, 0.15) is 0 Å². The smallest absolute Gasteiger partial charge is 0.253 e. The van der Waals surface area contributed by atoms with Gasteiger partial charge in [-0.2, -0.15) is 0 Å². The van der Waals surface area contributed by atoms with Crippen LogP contribution in [0.25, 0.3) is 0 Å². The molecule has 3 fully saturated rings. The third-order valence-corrected chi connectivity index (χ3v) is 6.17. The van der Waals surface area contributed by atoms with Crippen LogP contribution in [0.1, 0.15) is 48.9 Å². The molecule has 26 heavy (non-hydrogen) atoms. The van der Waals surface area contributed by atoms with Gasteiger partial charge in [-0.25, -0.2) is 0 Å². The molecule has 3 aliphatic rings. The summed E-state index contributed by atoms with van der Waals surface area (Å²) in [4.78, 5) is 29.7. The summed E-state index contributed by atoms with van der Waals surface area (Å²) in [6.45, 7) is 2.73. The van der Waals surface area contributed by atoms with Crippen molar-refractivity contribution in [2.24, 2.45) is 5.92 Å². The van der Waals surface area contributed by atoms with Crippen LogP contribution in [-0.2, 0) is 9.53 Å². The van der Waals surface area contributed by atoms with Gasteiger partial charge in [0.2, 0.25) is 5.91 Å². The zero-order valence-corrected chi connectivity index (χ0v) is 15.3. The number of hydrogen-bond acceptors (Lipinski definition) is 3. The summed E-state index contributed by atoms with van der Waals surface area (Å²) < 4.78 is 5.90. The largest absolute Gasteiger partial charge is 0.374 e. The van der Waals surface area contributed by atoms with E-state index >= 15 is 0 Å². The third-order valence-electron chi connectivity index (χ3n) is 6.17. The summed E-state index contributed by atoms with van der Waals surface area (Å²) in [7, 11) is 0. The molecule has 0 spiro atoms. The molecular weight excluding hydrogens is 328 g/mol. The topological polar surface area (TPSA) is 49.9 Å². The molecule has 2 heterocycles. The van der Waals surface area contributed by atoms with Crippen molar-refractivity contribution >= 4 is 11.8 Å². The summed E-state index contributed by atoms with van der Waals surface area (Å²) in [6, 6.07) is 9.69. The summed E-state index contributed by atoms with van der Waals surface area (Å²) in [6.07, 6.45) is 6.33. The number of fused-ring (bicyclic) bond motifs is 1. The molecular formula is C21H28N2O3. The Hall–Kier alpha value is -1.88. The van der Waals surface area contributed by atoms with Gasteiger partial charge >= 0.3 is 0 Å². The number of hydrogen-bond donors (Lipinski definition) is 0. The lowest BCUT2D eigenvalue weighted by molar-refractivity contribution is -0.155. The minimum absolute atomic E-state index is 0.0514. The number of ether oxygens (including phenoxy) is 1. The monoisotopic (exact) mass is 356 g/mol. The number of rotatable bonds is 2. The molecule has 2 unspecified atom stereocenters. The van der Waals surface area contributed by atoms with E-state index in [0.29, 0.717) is 19.7 Å². The van der Waals surface area contributed by atoms with Gasteiger partial charge in [-0.05, 0) is 37.8 Å². The average Bonchev–Trinajstić information content (AvgIpc) is 2.73. The highest BCUT2D eigenvalue weighted by molar-refractivity contribution is 5.94. The van der Waals surface area contributed by atoms with Gasteiger partial charge in [-0.3, -0.25) is 9.59 Å². The Morgan fingerprint density at radius 2 is 1.65 bits per heavy atom. The molecule has 0 aromatic heterocycles. The summed E-state index contributed by atoms with van der Waals surface area (Å²) in [5, 5.41) is 0. The van der Waals surface area contributed by atoms with Gasteiger partial charge < -0.3 is 14.5 Å². The zero-order valence-electron chi connectivity index (χ0n) is 15.3. The molecule has 2 aliphatic heterocycles. The molecule has 0 radical (unpaired) electrons. The van der Waals surface area contributed by atoms with Crippen molar-refractivity contribution < 1.29 is 14.3 Å². The van der Waals surface area contributed by atoms with Crippen LogP contribution in [0, 0.1) is 5.92 Å². The molecule has 1 aromatic rings. The Kier molecular flexibility index (Phi) is 5.25. The van der Waals surface area contributed by atoms with Crippen molar-refractivity contribution in [3.05, 3.63) is 35.9 Å². The third kappa shape index (κ3) is 3.50. The summed E-state index contributed by atoms with van der Waals surface area (Å²) in [5.74, 6) is 0.419. The van der Waals surface area contributed by atoms with Gasteiger partial charge in [0.05, 0.1) is 18.8 Å². The molecule has 2 saturated heterocycles. The van der Waals surface area contributed by atoms with E-state index in [1.807, 2.05) is 35.2 Å². The number of likely N-dealkylation sites (tertiary alicyclic amines) is 1. The van der Waals surface area contributed by atoms with Gasteiger partial charge in [0.15, 0.2) is 0 Å². The van der Waals surface area contributed by atoms with Crippen LogP contribution in [0.15, 0.2) is 30.3 Å². The average molecular weight is 356 g/mol. The first-order valence-electron chi connectivity index (χ1n) is 10.0. The second kappa shape index (κ2) is 7.78. The molecule has 1 aliphatic carbocycles. The standard InChI is InChI=1S/C21H28N2O3/c24-20(16-6-2-1-3-7-16)22-12-10-17(11-13-22)21(25)23-14-15-26-19-9-5-4-8-18(19)23/h1-3,6-7,17-19H,4-5,8-15H2. The fourth-order valence-electron chi connectivity index (χ4n) is 4.70. The minimum Gasteiger partial charge on any atom is -0.374 e. The quantitative estimate of drug-likeness (QED) is 0.819. The molecule has 140 valence electrons. The lowest BCUT2D eigenvalue weighted by atomic mass is 9.88. The van der Waals surface area contributed by atoms with Crippen molar-refractivity contribution in [3.8, 4) is 0 Å². The maximum atomic E-state index is 13.1. The molecule has 0 N–H and O–H groups in total. The van der Waals surface area contributed by atoms with E-state index in [2.05, 4.69) is 4.90 Å². The first-order valence-corrected chi connectivity index (χ1v) is 10.0. The van der Waals surface area contributed by atoms with E-state index in [1.165, 1.54) is 12.8 Å². The number of carbonyl (C=O) groups is 2. The number of nitrogens with zero attached hydrogens (tertiary/aromatic N) is 2. The molecule has 5 nitrogen and oxygen atoms in total. The first-order chi connectivity index (χ1) is 12.7.